The number of aryl methyl sites for hydroxylation is 2. The van der Waals surface area contributed by atoms with E-state index in [1.54, 1.807) is 7.05 Å². The van der Waals surface area contributed by atoms with E-state index in [0.29, 0.717) is 13.2 Å². The van der Waals surface area contributed by atoms with Crippen LogP contribution in [0.2, 0.25) is 0 Å². The highest BCUT2D eigenvalue weighted by molar-refractivity contribution is 5.79. The van der Waals surface area contributed by atoms with E-state index in [4.69, 9.17) is 4.74 Å². The molecule has 2 rings (SSSR count). The molecule has 25 heavy (non-hydrogen) atoms. The molecular formula is C19H29N5O. The van der Waals surface area contributed by atoms with Gasteiger partial charge in [0.25, 0.3) is 0 Å². The number of nitrogens with zero attached hydrogens (tertiary/aromatic N) is 3. The van der Waals surface area contributed by atoms with Crippen molar-refractivity contribution in [3.05, 3.63) is 52.3 Å². The molecule has 0 saturated carbocycles. The first-order valence-corrected chi connectivity index (χ1v) is 8.64. The second-order valence-corrected chi connectivity index (χ2v) is 6.01. The number of hydrogen-bond donors (Lipinski definition) is 2. The Morgan fingerprint density at radius 3 is 2.32 bits per heavy atom. The molecule has 0 unspecified atom stereocenters. The zero-order valence-electron chi connectivity index (χ0n) is 15.9. The van der Waals surface area contributed by atoms with Crippen LogP contribution in [-0.4, -0.2) is 29.4 Å². The van der Waals surface area contributed by atoms with Crippen molar-refractivity contribution in [2.24, 2.45) is 12.0 Å². The van der Waals surface area contributed by atoms with Gasteiger partial charge in [-0.3, -0.25) is 9.67 Å². The second kappa shape index (κ2) is 9.22. The number of aromatic nitrogens is 2. The maximum atomic E-state index is 5.42. The number of rotatable bonds is 7. The Hall–Kier alpha value is -2.34. The van der Waals surface area contributed by atoms with Crippen LogP contribution in [0.15, 0.2) is 29.3 Å². The number of aliphatic imine (C=N–C) groups is 1. The molecule has 2 N–H and O–H groups in total. The van der Waals surface area contributed by atoms with Gasteiger partial charge < -0.3 is 15.4 Å². The van der Waals surface area contributed by atoms with Gasteiger partial charge >= 0.3 is 0 Å². The van der Waals surface area contributed by atoms with Crippen molar-refractivity contribution in [2.75, 3.05) is 13.7 Å². The molecule has 0 atom stereocenters. The van der Waals surface area contributed by atoms with Gasteiger partial charge in [-0.25, -0.2) is 0 Å². The Balaban J connectivity index is 1.86. The van der Waals surface area contributed by atoms with Gasteiger partial charge in [0.15, 0.2) is 5.96 Å². The predicted octanol–water partition coefficient (Wildman–Crippen LogP) is 2.44. The van der Waals surface area contributed by atoms with Crippen molar-refractivity contribution < 1.29 is 4.74 Å². The van der Waals surface area contributed by atoms with Gasteiger partial charge in [-0.2, -0.15) is 5.10 Å². The second-order valence-electron chi connectivity index (χ2n) is 6.01. The largest absolute Gasteiger partial charge is 0.377 e. The molecule has 0 saturated heterocycles. The van der Waals surface area contributed by atoms with Gasteiger partial charge in [-0.05, 0) is 31.9 Å². The smallest absolute Gasteiger partial charge is 0.191 e. The highest BCUT2D eigenvalue weighted by atomic mass is 16.5. The molecule has 0 amide bonds. The lowest BCUT2D eigenvalue weighted by atomic mass is 10.1. The Labute approximate surface area is 150 Å². The number of ether oxygens (including phenoxy) is 1. The Bertz CT molecular complexity index is 703. The maximum absolute atomic E-state index is 5.42. The van der Waals surface area contributed by atoms with Crippen LogP contribution in [0.25, 0.3) is 0 Å². The average molecular weight is 343 g/mol. The van der Waals surface area contributed by atoms with Gasteiger partial charge in [-0.1, -0.05) is 24.3 Å². The Kier molecular flexibility index (Phi) is 7.01. The van der Waals surface area contributed by atoms with Crippen molar-refractivity contribution in [3.8, 4) is 0 Å². The first-order valence-electron chi connectivity index (χ1n) is 8.64. The third-order valence-electron chi connectivity index (χ3n) is 4.27. The molecule has 136 valence electrons. The lowest BCUT2D eigenvalue weighted by Crippen LogP contribution is -2.36. The van der Waals surface area contributed by atoms with Crippen LogP contribution in [0.1, 0.15) is 35.0 Å². The summed E-state index contributed by atoms with van der Waals surface area (Å²) in [5, 5.41) is 11.1. The lowest BCUT2D eigenvalue weighted by Gasteiger charge is -2.12. The zero-order valence-corrected chi connectivity index (χ0v) is 15.9. The van der Waals surface area contributed by atoms with E-state index in [0.717, 1.165) is 24.8 Å². The SMILES string of the molecule is CCOCc1ccc(CNC(=NC)NCc2c(C)nn(C)c2C)cc1. The van der Waals surface area contributed by atoms with E-state index in [2.05, 4.69) is 51.9 Å². The van der Waals surface area contributed by atoms with Crippen molar-refractivity contribution in [2.45, 2.75) is 40.5 Å². The van der Waals surface area contributed by atoms with Crippen molar-refractivity contribution >= 4 is 5.96 Å². The van der Waals surface area contributed by atoms with Gasteiger partial charge in [0.05, 0.1) is 12.3 Å². The van der Waals surface area contributed by atoms with Crippen molar-refractivity contribution in [1.29, 1.82) is 0 Å². The summed E-state index contributed by atoms with van der Waals surface area (Å²) in [7, 11) is 3.75. The molecule has 0 fully saturated rings. The van der Waals surface area contributed by atoms with Crippen LogP contribution in [0.3, 0.4) is 0 Å². The van der Waals surface area contributed by atoms with Crippen LogP contribution in [0, 0.1) is 13.8 Å². The summed E-state index contributed by atoms with van der Waals surface area (Å²) in [6.07, 6.45) is 0. The topological polar surface area (TPSA) is 63.5 Å². The standard InChI is InChI=1S/C19H29N5O/c1-6-25-13-17-9-7-16(8-10-17)11-21-19(20-4)22-12-18-14(2)23-24(5)15(18)3/h7-10H,6,11-13H2,1-5H3,(H2,20,21,22). The molecule has 0 spiro atoms. The van der Waals surface area contributed by atoms with Crippen molar-refractivity contribution in [1.82, 2.24) is 20.4 Å². The number of nitrogens with one attached hydrogen (secondary N) is 2. The molecule has 6 nitrogen and oxygen atoms in total. The summed E-state index contributed by atoms with van der Waals surface area (Å²) in [6.45, 7) is 8.95. The fourth-order valence-electron chi connectivity index (χ4n) is 2.63. The van der Waals surface area contributed by atoms with E-state index < -0.39 is 0 Å². The van der Waals surface area contributed by atoms with Gasteiger partial charge in [-0.15, -0.1) is 0 Å². The molecule has 0 radical (unpaired) electrons. The van der Waals surface area contributed by atoms with Gasteiger partial charge in [0.2, 0.25) is 0 Å². The first kappa shape index (κ1) is 19.0. The molecule has 1 heterocycles. The minimum Gasteiger partial charge on any atom is -0.377 e. The quantitative estimate of drug-likeness (QED) is 0.599. The fraction of sp³-hybridized carbons (Fsp3) is 0.474. The molecule has 0 bridgehead atoms. The minimum absolute atomic E-state index is 0.664. The van der Waals surface area contributed by atoms with Crippen LogP contribution >= 0.6 is 0 Å². The fourth-order valence-corrected chi connectivity index (χ4v) is 2.63. The molecule has 0 aliphatic carbocycles. The van der Waals surface area contributed by atoms with Crippen LogP contribution in [0.4, 0.5) is 0 Å². The third-order valence-corrected chi connectivity index (χ3v) is 4.27. The Morgan fingerprint density at radius 2 is 1.76 bits per heavy atom. The normalized spacial score (nSPS) is 11.6. The number of benzene rings is 1. The summed E-state index contributed by atoms with van der Waals surface area (Å²) < 4.78 is 7.33. The first-order chi connectivity index (χ1) is 12.0. The highest BCUT2D eigenvalue weighted by Crippen LogP contribution is 2.11. The van der Waals surface area contributed by atoms with Crippen LogP contribution in [0.5, 0.6) is 0 Å². The highest BCUT2D eigenvalue weighted by Gasteiger charge is 2.09. The van der Waals surface area contributed by atoms with E-state index in [1.807, 2.05) is 25.6 Å². The van der Waals surface area contributed by atoms with Crippen molar-refractivity contribution in [3.63, 3.8) is 0 Å². The van der Waals surface area contributed by atoms with Crippen LogP contribution in [-0.2, 0) is 31.5 Å². The molecule has 1 aromatic heterocycles. The average Bonchev–Trinajstić information content (AvgIpc) is 2.86. The minimum atomic E-state index is 0.664. The van der Waals surface area contributed by atoms with E-state index in [-0.39, 0.29) is 0 Å². The third kappa shape index (κ3) is 5.32. The molecular weight excluding hydrogens is 314 g/mol. The summed E-state index contributed by atoms with van der Waals surface area (Å²) in [6, 6.07) is 8.44. The molecule has 0 aliphatic rings. The predicted molar refractivity (Wildman–Crippen MR) is 101 cm³/mol. The zero-order chi connectivity index (χ0) is 18.2. The Morgan fingerprint density at radius 1 is 1.12 bits per heavy atom. The van der Waals surface area contributed by atoms with E-state index in [9.17, 15) is 0 Å². The molecule has 2 aromatic rings. The molecule has 1 aromatic carbocycles. The molecule has 6 heteroatoms. The van der Waals surface area contributed by atoms with Crippen LogP contribution < -0.4 is 10.6 Å². The number of guanidine groups is 1. The maximum Gasteiger partial charge on any atom is 0.191 e. The summed E-state index contributed by atoms with van der Waals surface area (Å²) in [5.41, 5.74) is 5.83. The molecule has 0 aliphatic heterocycles. The van der Waals surface area contributed by atoms with E-state index >= 15 is 0 Å². The summed E-state index contributed by atoms with van der Waals surface area (Å²) in [5.74, 6) is 0.779. The van der Waals surface area contributed by atoms with E-state index in [1.165, 1.54) is 22.4 Å². The summed E-state index contributed by atoms with van der Waals surface area (Å²) in [4.78, 5) is 4.29. The number of hydrogen-bond acceptors (Lipinski definition) is 3. The lowest BCUT2D eigenvalue weighted by molar-refractivity contribution is 0.134. The summed E-state index contributed by atoms with van der Waals surface area (Å²) >= 11 is 0. The van der Waals surface area contributed by atoms with Gasteiger partial charge in [0.1, 0.15) is 0 Å². The monoisotopic (exact) mass is 343 g/mol. The van der Waals surface area contributed by atoms with Gasteiger partial charge in [0, 0.05) is 45.0 Å².